The molecular weight excluding hydrogens is 588 g/mol. The highest BCUT2D eigenvalue weighted by atomic mass is 35.5. The molecule has 0 fully saturated rings. The zero-order valence-electron chi connectivity index (χ0n) is 25.3. The summed E-state index contributed by atoms with van der Waals surface area (Å²) < 4.78 is 29.9. The molecule has 0 spiro atoms. The summed E-state index contributed by atoms with van der Waals surface area (Å²) in [6.07, 6.45) is 0.138. The van der Waals surface area contributed by atoms with Gasteiger partial charge < -0.3 is 34.7 Å². The number of hydrogen-bond donors (Lipinski definition) is 2. The third kappa shape index (κ3) is 9.55. The first-order valence-electron chi connectivity index (χ1n) is 14.8. The molecule has 3 aromatic rings. The fourth-order valence-corrected chi connectivity index (χ4v) is 4.77. The lowest BCUT2D eigenvalue weighted by molar-refractivity contribution is -0.121. The number of carbonyl (C=O) groups excluding carboxylic acids is 1. The van der Waals surface area contributed by atoms with E-state index < -0.39 is 6.04 Å². The Bertz CT molecular complexity index is 1370. The lowest BCUT2D eigenvalue weighted by Gasteiger charge is -2.15. The van der Waals surface area contributed by atoms with Crippen molar-refractivity contribution >= 4 is 23.2 Å². The Labute approximate surface area is 262 Å². The summed E-state index contributed by atoms with van der Waals surface area (Å²) in [4.78, 5) is 17.7. The van der Waals surface area contributed by atoms with Crippen molar-refractivity contribution in [2.75, 3.05) is 72.6 Å². The number of aryl methyl sites for hydroxylation is 1. The fraction of sp³-hybridized carbons (Fsp3) is 0.484. The minimum atomic E-state index is -0.539. The Morgan fingerprint density at radius 3 is 2.18 bits per heavy atom. The number of fused-ring (bicyclic) bond motifs is 3. The topological polar surface area (TPSA) is 144 Å². The summed E-state index contributed by atoms with van der Waals surface area (Å²) in [6.45, 7) is 9.04. The standard InChI is InChI=1S/C31H41ClN6O6/c1-3-34-29(39)21-27-31-37-36-22(2)38(31)28-9-8-25(20-26(28)30(35-27)23-4-6-24(32)7-5-23)44-19-18-43-17-16-42-15-14-41-13-12-40-11-10-33/h4-9,20,27H,3,10-19,21,33H2,1-2H3,(H,34,39). The quantitative estimate of drug-likeness (QED) is 0.191. The molecule has 238 valence electrons. The summed E-state index contributed by atoms with van der Waals surface area (Å²) in [7, 11) is 0. The Morgan fingerprint density at radius 2 is 1.55 bits per heavy atom. The summed E-state index contributed by atoms with van der Waals surface area (Å²) in [5.74, 6) is 1.85. The molecule has 12 nitrogen and oxygen atoms in total. The van der Waals surface area contributed by atoms with Crippen molar-refractivity contribution < 1.29 is 28.5 Å². The number of rotatable bonds is 19. The van der Waals surface area contributed by atoms with Crippen molar-refractivity contribution in [2.45, 2.75) is 26.3 Å². The number of benzene rings is 2. The molecule has 1 amide bonds. The van der Waals surface area contributed by atoms with Gasteiger partial charge in [0.15, 0.2) is 5.82 Å². The van der Waals surface area contributed by atoms with Gasteiger partial charge in [-0.2, -0.15) is 0 Å². The average molecular weight is 629 g/mol. The van der Waals surface area contributed by atoms with Crippen LogP contribution in [0, 0.1) is 6.92 Å². The summed E-state index contributed by atoms with van der Waals surface area (Å²) in [6, 6.07) is 12.8. The number of nitrogens with zero attached hydrogens (tertiary/aromatic N) is 4. The number of halogens is 1. The van der Waals surface area contributed by atoms with Gasteiger partial charge in [0.2, 0.25) is 5.91 Å². The van der Waals surface area contributed by atoms with E-state index in [2.05, 4.69) is 15.5 Å². The van der Waals surface area contributed by atoms with E-state index in [1.165, 1.54) is 0 Å². The highest BCUT2D eigenvalue weighted by Gasteiger charge is 2.30. The number of aromatic nitrogens is 3. The zero-order chi connectivity index (χ0) is 31.1. The summed E-state index contributed by atoms with van der Waals surface area (Å²) >= 11 is 6.20. The second-order valence-corrected chi connectivity index (χ2v) is 10.3. The SMILES string of the molecule is CCNC(=O)CC1N=C(c2ccc(Cl)cc2)c2cc(OCCOCCOCCOCCOCCN)ccc2-n2c(C)nnc21. The van der Waals surface area contributed by atoms with Crippen LogP contribution < -0.4 is 15.8 Å². The number of amides is 1. The normalized spacial score (nSPS) is 14.0. The van der Waals surface area contributed by atoms with E-state index in [1.807, 2.05) is 60.9 Å². The number of ether oxygens (including phenoxy) is 5. The van der Waals surface area contributed by atoms with Crippen molar-refractivity contribution in [1.29, 1.82) is 0 Å². The molecule has 3 N–H and O–H groups in total. The van der Waals surface area contributed by atoms with Gasteiger partial charge in [0, 0.05) is 29.2 Å². The van der Waals surface area contributed by atoms with Crippen LogP contribution in [0.5, 0.6) is 5.75 Å². The monoisotopic (exact) mass is 628 g/mol. The zero-order valence-corrected chi connectivity index (χ0v) is 26.1. The molecule has 1 atom stereocenters. The van der Waals surface area contributed by atoms with Crippen LogP contribution in [0.2, 0.25) is 5.02 Å². The van der Waals surface area contributed by atoms with Gasteiger partial charge in [-0.1, -0.05) is 23.7 Å². The van der Waals surface area contributed by atoms with Crippen molar-refractivity contribution in [3.63, 3.8) is 0 Å². The molecule has 1 aromatic heterocycles. The molecule has 0 aliphatic carbocycles. The molecule has 2 heterocycles. The first-order chi connectivity index (χ1) is 21.5. The molecule has 1 aliphatic rings. The number of aliphatic imine (C=N–C) groups is 1. The molecule has 4 rings (SSSR count). The van der Waals surface area contributed by atoms with Crippen LogP contribution in [0.3, 0.4) is 0 Å². The van der Waals surface area contributed by atoms with Gasteiger partial charge in [-0.25, -0.2) is 0 Å². The molecule has 0 saturated heterocycles. The van der Waals surface area contributed by atoms with E-state index in [-0.39, 0.29) is 12.3 Å². The van der Waals surface area contributed by atoms with E-state index in [0.717, 1.165) is 16.8 Å². The minimum Gasteiger partial charge on any atom is -0.491 e. The number of nitrogens with one attached hydrogen (secondary N) is 1. The largest absolute Gasteiger partial charge is 0.491 e. The summed E-state index contributed by atoms with van der Waals surface area (Å²) in [5, 5.41) is 12.2. The number of carbonyl (C=O) groups is 1. The first-order valence-corrected chi connectivity index (χ1v) is 15.2. The highest BCUT2D eigenvalue weighted by Crippen LogP contribution is 2.34. The smallest absolute Gasteiger partial charge is 0.222 e. The minimum absolute atomic E-state index is 0.109. The van der Waals surface area contributed by atoms with E-state index in [0.29, 0.717) is 101 Å². The Balaban J connectivity index is 1.39. The molecular formula is C31H41ClN6O6. The highest BCUT2D eigenvalue weighted by molar-refractivity contribution is 6.30. The molecule has 1 unspecified atom stereocenters. The predicted molar refractivity (Wildman–Crippen MR) is 167 cm³/mol. The number of hydrogen-bond acceptors (Lipinski definition) is 10. The van der Waals surface area contributed by atoms with Crippen molar-refractivity contribution in [2.24, 2.45) is 10.7 Å². The van der Waals surface area contributed by atoms with Gasteiger partial charge in [-0.05, 0) is 44.2 Å². The molecule has 13 heteroatoms. The molecule has 0 radical (unpaired) electrons. The van der Waals surface area contributed by atoms with Gasteiger partial charge in [0.25, 0.3) is 0 Å². The Hall–Kier alpha value is -3.39. The van der Waals surface area contributed by atoms with Gasteiger partial charge in [-0.15, -0.1) is 10.2 Å². The molecule has 0 bridgehead atoms. The average Bonchev–Trinajstić information content (AvgIpc) is 3.34. The van der Waals surface area contributed by atoms with Crippen LogP contribution >= 0.6 is 11.6 Å². The maximum Gasteiger partial charge on any atom is 0.222 e. The van der Waals surface area contributed by atoms with Gasteiger partial charge >= 0.3 is 0 Å². The van der Waals surface area contributed by atoms with Gasteiger partial charge in [0.1, 0.15) is 24.2 Å². The molecule has 1 aliphatic heterocycles. The van der Waals surface area contributed by atoms with Crippen LogP contribution in [0.15, 0.2) is 47.5 Å². The third-order valence-electron chi connectivity index (χ3n) is 6.64. The van der Waals surface area contributed by atoms with Crippen LogP contribution in [-0.2, 0) is 23.7 Å². The maximum absolute atomic E-state index is 12.7. The fourth-order valence-electron chi connectivity index (χ4n) is 4.65. The second kappa shape index (κ2) is 17.8. The van der Waals surface area contributed by atoms with E-state index in [9.17, 15) is 4.79 Å². The number of nitrogens with two attached hydrogens (primary N) is 1. The Kier molecular flexibility index (Phi) is 13.5. The van der Waals surface area contributed by atoms with Gasteiger partial charge in [-0.3, -0.25) is 14.4 Å². The predicted octanol–water partition coefficient (Wildman–Crippen LogP) is 3.05. The molecule has 0 saturated carbocycles. The van der Waals surface area contributed by atoms with Crippen LogP contribution in [0.25, 0.3) is 5.69 Å². The lowest BCUT2D eigenvalue weighted by Crippen LogP contribution is -2.25. The van der Waals surface area contributed by atoms with E-state index in [4.69, 9.17) is 46.0 Å². The molecule has 44 heavy (non-hydrogen) atoms. The maximum atomic E-state index is 12.7. The van der Waals surface area contributed by atoms with Crippen molar-refractivity contribution in [1.82, 2.24) is 20.1 Å². The van der Waals surface area contributed by atoms with Crippen LogP contribution in [0.1, 0.15) is 42.2 Å². The first kappa shape index (κ1) is 33.5. The van der Waals surface area contributed by atoms with Gasteiger partial charge in [0.05, 0.1) is 70.7 Å². The van der Waals surface area contributed by atoms with Crippen molar-refractivity contribution in [3.8, 4) is 11.4 Å². The third-order valence-corrected chi connectivity index (χ3v) is 6.89. The van der Waals surface area contributed by atoms with E-state index in [1.54, 1.807) is 0 Å². The van der Waals surface area contributed by atoms with Crippen LogP contribution in [-0.4, -0.2) is 98.9 Å². The molecule has 2 aromatic carbocycles. The Morgan fingerprint density at radius 1 is 0.909 bits per heavy atom. The van der Waals surface area contributed by atoms with Crippen LogP contribution in [0.4, 0.5) is 0 Å². The van der Waals surface area contributed by atoms with E-state index >= 15 is 0 Å². The summed E-state index contributed by atoms with van der Waals surface area (Å²) in [5.41, 5.74) is 8.61. The van der Waals surface area contributed by atoms with Crippen molar-refractivity contribution in [3.05, 3.63) is 70.3 Å². The second-order valence-electron chi connectivity index (χ2n) is 9.86. The lowest BCUT2D eigenvalue weighted by atomic mass is 10.00.